The van der Waals surface area contributed by atoms with Crippen molar-refractivity contribution in [1.29, 1.82) is 0 Å². The SMILES string of the molecule is CCc1ccc2c(c1)[C@H](CCNC(=O)Cc1ccc(F)cc1)C(=O)N2. The van der Waals surface area contributed by atoms with Crippen LogP contribution in [0.1, 0.15) is 36.0 Å². The van der Waals surface area contributed by atoms with E-state index in [1.165, 1.54) is 17.7 Å². The van der Waals surface area contributed by atoms with Crippen molar-refractivity contribution in [2.45, 2.75) is 32.1 Å². The third-order valence-corrected chi connectivity index (χ3v) is 4.51. The van der Waals surface area contributed by atoms with Crippen LogP contribution in [0.3, 0.4) is 0 Å². The van der Waals surface area contributed by atoms with Crippen molar-refractivity contribution in [1.82, 2.24) is 5.32 Å². The summed E-state index contributed by atoms with van der Waals surface area (Å²) in [6.45, 7) is 2.50. The molecule has 0 radical (unpaired) electrons. The van der Waals surface area contributed by atoms with Crippen LogP contribution in [0.15, 0.2) is 42.5 Å². The molecule has 0 bridgehead atoms. The summed E-state index contributed by atoms with van der Waals surface area (Å²) >= 11 is 0. The summed E-state index contributed by atoms with van der Waals surface area (Å²) in [4.78, 5) is 24.2. The van der Waals surface area contributed by atoms with Gasteiger partial charge < -0.3 is 10.6 Å². The lowest BCUT2D eigenvalue weighted by molar-refractivity contribution is -0.121. The number of carbonyl (C=O) groups excluding carboxylic acids is 2. The number of amides is 2. The average molecular weight is 340 g/mol. The zero-order valence-electron chi connectivity index (χ0n) is 14.1. The van der Waals surface area contributed by atoms with E-state index in [1.807, 2.05) is 12.1 Å². The van der Waals surface area contributed by atoms with Gasteiger partial charge in [0.15, 0.2) is 0 Å². The van der Waals surface area contributed by atoms with Gasteiger partial charge in [-0.2, -0.15) is 0 Å². The number of carbonyl (C=O) groups is 2. The normalized spacial score (nSPS) is 15.6. The van der Waals surface area contributed by atoms with E-state index >= 15 is 0 Å². The number of nitrogens with one attached hydrogen (secondary N) is 2. The van der Waals surface area contributed by atoms with Crippen molar-refractivity contribution >= 4 is 17.5 Å². The number of fused-ring (bicyclic) bond motifs is 1. The van der Waals surface area contributed by atoms with Gasteiger partial charge in [-0.15, -0.1) is 0 Å². The van der Waals surface area contributed by atoms with Crippen LogP contribution in [-0.4, -0.2) is 18.4 Å². The first-order valence-corrected chi connectivity index (χ1v) is 8.51. The Morgan fingerprint density at radius 1 is 1.16 bits per heavy atom. The molecule has 1 aliphatic heterocycles. The third-order valence-electron chi connectivity index (χ3n) is 4.51. The number of benzene rings is 2. The fourth-order valence-electron chi connectivity index (χ4n) is 3.09. The Bertz CT molecular complexity index is 787. The minimum absolute atomic E-state index is 0.0176. The predicted molar refractivity (Wildman–Crippen MR) is 94.9 cm³/mol. The maximum absolute atomic E-state index is 12.9. The number of hydrogen-bond donors (Lipinski definition) is 2. The summed E-state index contributed by atoms with van der Waals surface area (Å²) < 4.78 is 12.9. The monoisotopic (exact) mass is 340 g/mol. The van der Waals surface area contributed by atoms with Gasteiger partial charge >= 0.3 is 0 Å². The van der Waals surface area contributed by atoms with E-state index < -0.39 is 0 Å². The molecule has 1 heterocycles. The second-order valence-corrected chi connectivity index (χ2v) is 6.26. The summed E-state index contributed by atoms with van der Waals surface area (Å²) in [5.41, 5.74) is 3.83. The molecule has 2 N–H and O–H groups in total. The second-order valence-electron chi connectivity index (χ2n) is 6.26. The highest BCUT2D eigenvalue weighted by Crippen LogP contribution is 2.35. The van der Waals surface area contributed by atoms with Gasteiger partial charge in [0.05, 0.1) is 12.3 Å². The van der Waals surface area contributed by atoms with Gasteiger partial charge in [-0.05, 0) is 47.7 Å². The highest BCUT2D eigenvalue weighted by atomic mass is 19.1. The standard InChI is InChI=1S/C20H21FN2O2/c1-2-13-5-8-18-17(11-13)16(20(25)23-18)9-10-22-19(24)12-14-3-6-15(21)7-4-14/h3-8,11,16H,2,9-10,12H2,1H3,(H,22,24)(H,23,25)/t16-/m0/s1. The van der Waals surface area contributed by atoms with Crippen LogP contribution < -0.4 is 10.6 Å². The Morgan fingerprint density at radius 2 is 1.88 bits per heavy atom. The van der Waals surface area contributed by atoms with Gasteiger partial charge in [0.1, 0.15) is 5.82 Å². The van der Waals surface area contributed by atoms with E-state index in [4.69, 9.17) is 0 Å². The smallest absolute Gasteiger partial charge is 0.232 e. The van der Waals surface area contributed by atoms with Crippen molar-refractivity contribution in [2.75, 3.05) is 11.9 Å². The molecule has 0 saturated heterocycles. The fourth-order valence-corrected chi connectivity index (χ4v) is 3.09. The topological polar surface area (TPSA) is 58.2 Å². The molecule has 0 fully saturated rings. The molecule has 1 atom stereocenters. The van der Waals surface area contributed by atoms with Crippen LogP contribution in [0.5, 0.6) is 0 Å². The van der Waals surface area contributed by atoms with E-state index in [-0.39, 0.29) is 30.0 Å². The molecule has 0 unspecified atom stereocenters. The molecule has 5 heteroatoms. The average Bonchev–Trinajstić information content (AvgIpc) is 2.92. The van der Waals surface area contributed by atoms with Crippen LogP contribution in [0.4, 0.5) is 10.1 Å². The van der Waals surface area contributed by atoms with E-state index in [9.17, 15) is 14.0 Å². The lowest BCUT2D eigenvalue weighted by Crippen LogP contribution is -2.28. The molecule has 2 amide bonds. The van der Waals surface area contributed by atoms with Crippen molar-refractivity contribution < 1.29 is 14.0 Å². The quantitative estimate of drug-likeness (QED) is 0.848. The number of hydrogen-bond acceptors (Lipinski definition) is 2. The Morgan fingerprint density at radius 3 is 2.60 bits per heavy atom. The Hall–Kier alpha value is -2.69. The van der Waals surface area contributed by atoms with Gasteiger partial charge in [-0.1, -0.05) is 31.2 Å². The van der Waals surface area contributed by atoms with E-state index in [2.05, 4.69) is 23.6 Å². The Labute approximate surface area is 146 Å². The van der Waals surface area contributed by atoms with Crippen LogP contribution in [0.25, 0.3) is 0 Å². The zero-order valence-corrected chi connectivity index (χ0v) is 14.1. The first-order valence-electron chi connectivity index (χ1n) is 8.51. The summed E-state index contributed by atoms with van der Waals surface area (Å²) in [5.74, 6) is -0.697. The lowest BCUT2D eigenvalue weighted by atomic mass is 9.95. The first-order chi connectivity index (χ1) is 12.1. The summed E-state index contributed by atoms with van der Waals surface area (Å²) in [5, 5.41) is 5.73. The molecular formula is C20H21FN2O2. The Kier molecular flexibility index (Phi) is 5.12. The minimum atomic E-state index is -0.318. The van der Waals surface area contributed by atoms with Gasteiger partial charge in [0, 0.05) is 12.2 Å². The number of aryl methyl sites for hydroxylation is 1. The largest absolute Gasteiger partial charge is 0.356 e. The van der Waals surface area contributed by atoms with Gasteiger partial charge in [0.25, 0.3) is 0 Å². The lowest BCUT2D eigenvalue weighted by Gasteiger charge is -2.11. The van der Waals surface area contributed by atoms with Gasteiger partial charge in [0.2, 0.25) is 11.8 Å². The fraction of sp³-hybridized carbons (Fsp3) is 0.300. The molecule has 4 nitrogen and oxygen atoms in total. The molecular weight excluding hydrogens is 319 g/mol. The summed E-state index contributed by atoms with van der Waals surface area (Å²) in [6, 6.07) is 11.9. The molecule has 2 aromatic rings. The second kappa shape index (κ2) is 7.47. The number of anilines is 1. The predicted octanol–water partition coefficient (Wildman–Crippen LogP) is 3.17. The third kappa shape index (κ3) is 4.05. The van der Waals surface area contributed by atoms with Crippen LogP contribution >= 0.6 is 0 Å². The van der Waals surface area contributed by atoms with Crippen molar-refractivity contribution in [3.8, 4) is 0 Å². The molecule has 25 heavy (non-hydrogen) atoms. The molecule has 130 valence electrons. The summed E-state index contributed by atoms with van der Waals surface area (Å²) in [7, 11) is 0. The molecule has 1 aliphatic rings. The number of halogens is 1. The van der Waals surface area contributed by atoms with Crippen LogP contribution in [0, 0.1) is 5.82 Å². The molecule has 0 aliphatic carbocycles. The van der Waals surface area contributed by atoms with Crippen molar-refractivity contribution in [3.63, 3.8) is 0 Å². The minimum Gasteiger partial charge on any atom is -0.356 e. The summed E-state index contributed by atoms with van der Waals surface area (Å²) in [6.07, 6.45) is 1.68. The molecule has 2 aromatic carbocycles. The van der Waals surface area contributed by atoms with Crippen LogP contribution in [-0.2, 0) is 22.4 Å². The van der Waals surface area contributed by atoms with Crippen molar-refractivity contribution in [3.05, 3.63) is 65.0 Å². The highest BCUT2D eigenvalue weighted by Gasteiger charge is 2.30. The van der Waals surface area contributed by atoms with Crippen molar-refractivity contribution in [2.24, 2.45) is 0 Å². The number of rotatable bonds is 6. The Balaban J connectivity index is 1.54. The van der Waals surface area contributed by atoms with E-state index in [0.29, 0.717) is 13.0 Å². The van der Waals surface area contributed by atoms with Gasteiger partial charge in [-0.3, -0.25) is 9.59 Å². The van der Waals surface area contributed by atoms with Crippen LogP contribution in [0.2, 0.25) is 0 Å². The first kappa shape index (κ1) is 17.1. The maximum atomic E-state index is 12.9. The maximum Gasteiger partial charge on any atom is 0.232 e. The van der Waals surface area contributed by atoms with E-state index in [1.54, 1.807) is 12.1 Å². The molecule has 0 aromatic heterocycles. The molecule has 0 spiro atoms. The van der Waals surface area contributed by atoms with Gasteiger partial charge in [-0.25, -0.2) is 4.39 Å². The molecule has 0 saturated carbocycles. The molecule has 3 rings (SSSR count). The van der Waals surface area contributed by atoms with E-state index in [0.717, 1.165) is 23.2 Å². The highest BCUT2D eigenvalue weighted by molar-refractivity contribution is 6.02. The zero-order chi connectivity index (χ0) is 17.8.